The van der Waals surface area contributed by atoms with Crippen LogP contribution in [0.5, 0.6) is 0 Å². The molecule has 0 bridgehead atoms. The molecule has 3 rings (SSSR count). The number of piperidine rings is 1. The molecule has 2 aliphatic heterocycles. The summed E-state index contributed by atoms with van der Waals surface area (Å²) in [7, 11) is 0. The van der Waals surface area contributed by atoms with Crippen molar-refractivity contribution in [3.63, 3.8) is 0 Å². The van der Waals surface area contributed by atoms with E-state index in [4.69, 9.17) is 0 Å². The maximum atomic E-state index is 12.6. The van der Waals surface area contributed by atoms with Crippen LogP contribution in [0.25, 0.3) is 0 Å². The predicted molar refractivity (Wildman–Crippen MR) is 102 cm³/mol. The summed E-state index contributed by atoms with van der Waals surface area (Å²) in [5.74, 6) is 1.05. The van der Waals surface area contributed by atoms with Crippen LogP contribution >= 0.6 is 12.4 Å². The van der Waals surface area contributed by atoms with Crippen LogP contribution in [-0.4, -0.2) is 36.2 Å². The van der Waals surface area contributed by atoms with Gasteiger partial charge in [-0.25, -0.2) is 0 Å². The minimum Gasteiger partial charge on any atom is -0.339 e. The van der Waals surface area contributed by atoms with E-state index in [-0.39, 0.29) is 24.1 Å². The zero-order chi connectivity index (χ0) is 16.9. The molecule has 0 aromatic heterocycles. The first-order valence-corrected chi connectivity index (χ1v) is 9.24. The Kier molecular flexibility index (Phi) is 7.45. The van der Waals surface area contributed by atoms with Gasteiger partial charge in [0.1, 0.15) is 0 Å². The van der Waals surface area contributed by atoms with Crippen LogP contribution in [0.4, 0.5) is 0 Å². The Labute approximate surface area is 156 Å². The molecule has 1 amide bonds. The number of carbonyl (C=O) groups is 2. The van der Waals surface area contributed by atoms with E-state index in [0.717, 1.165) is 50.0 Å². The fraction of sp³-hybridized carbons (Fsp3) is 0.600. The topological polar surface area (TPSA) is 49.4 Å². The minimum atomic E-state index is 0. The van der Waals surface area contributed by atoms with Crippen LogP contribution in [0.15, 0.2) is 18.2 Å². The van der Waals surface area contributed by atoms with Gasteiger partial charge < -0.3 is 10.2 Å². The SMILES string of the molecule is CC(=O)N1CCCc2ccc(C(=O)CCC3CCNCC3)cc2C1.Cl. The minimum absolute atomic E-state index is 0. The Morgan fingerprint density at radius 3 is 2.68 bits per heavy atom. The van der Waals surface area contributed by atoms with Gasteiger partial charge in [-0.3, -0.25) is 9.59 Å². The number of nitrogens with one attached hydrogen (secondary N) is 1. The largest absolute Gasteiger partial charge is 0.339 e. The van der Waals surface area contributed by atoms with Gasteiger partial charge in [-0.2, -0.15) is 0 Å². The molecule has 25 heavy (non-hydrogen) atoms. The quantitative estimate of drug-likeness (QED) is 0.833. The average molecular weight is 365 g/mol. The van der Waals surface area contributed by atoms with Gasteiger partial charge in [-0.05, 0) is 68.3 Å². The van der Waals surface area contributed by atoms with Crippen LogP contribution in [0.2, 0.25) is 0 Å². The van der Waals surface area contributed by atoms with Crippen molar-refractivity contribution in [1.82, 2.24) is 10.2 Å². The summed E-state index contributed by atoms with van der Waals surface area (Å²) in [6.07, 6.45) is 5.99. The van der Waals surface area contributed by atoms with Crippen LogP contribution in [0, 0.1) is 5.92 Å². The number of fused-ring (bicyclic) bond motifs is 1. The van der Waals surface area contributed by atoms with Crippen molar-refractivity contribution >= 4 is 24.1 Å². The van der Waals surface area contributed by atoms with Gasteiger partial charge in [0.25, 0.3) is 0 Å². The summed E-state index contributed by atoms with van der Waals surface area (Å²) in [6, 6.07) is 6.10. The van der Waals surface area contributed by atoms with Crippen LogP contribution in [0.3, 0.4) is 0 Å². The van der Waals surface area contributed by atoms with Crippen molar-refractivity contribution in [3.05, 3.63) is 34.9 Å². The average Bonchev–Trinajstić information content (AvgIpc) is 2.82. The molecular weight excluding hydrogens is 336 g/mol. The zero-order valence-corrected chi connectivity index (χ0v) is 15.9. The Balaban J connectivity index is 0.00000225. The summed E-state index contributed by atoms with van der Waals surface area (Å²) in [5.41, 5.74) is 3.25. The van der Waals surface area contributed by atoms with Gasteiger partial charge in [-0.15, -0.1) is 12.4 Å². The third-order valence-electron chi connectivity index (χ3n) is 5.45. The van der Waals surface area contributed by atoms with E-state index < -0.39 is 0 Å². The Morgan fingerprint density at radius 2 is 1.96 bits per heavy atom. The van der Waals surface area contributed by atoms with Crippen LogP contribution in [0.1, 0.15) is 60.5 Å². The Bertz CT molecular complexity index is 612. The van der Waals surface area contributed by atoms with Crippen molar-refractivity contribution in [2.45, 2.75) is 52.0 Å². The molecule has 1 aromatic rings. The number of hydrogen-bond acceptors (Lipinski definition) is 3. The molecule has 1 N–H and O–H groups in total. The van der Waals surface area contributed by atoms with Gasteiger partial charge in [0.15, 0.2) is 5.78 Å². The second-order valence-electron chi connectivity index (χ2n) is 7.18. The molecule has 0 unspecified atom stereocenters. The van der Waals surface area contributed by atoms with E-state index in [1.165, 1.54) is 18.4 Å². The summed E-state index contributed by atoms with van der Waals surface area (Å²) < 4.78 is 0. The molecule has 2 aliphatic rings. The number of hydrogen-bond donors (Lipinski definition) is 1. The van der Waals surface area contributed by atoms with Crippen molar-refractivity contribution in [2.75, 3.05) is 19.6 Å². The number of amides is 1. The lowest BCUT2D eigenvalue weighted by Gasteiger charge is -2.22. The van der Waals surface area contributed by atoms with Crippen molar-refractivity contribution in [2.24, 2.45) is 5.92 Å². The van der Waals surface area contributed by atoms with Gasteiger partial charge in [0.05, 0.1) is 0 Å². The molecular formula is C20H29ClN2O2. The third-order valence-corrected chi connectivity index (χ3v) is 5.45. The molecule has 0 radical (unpaired) electrons. The first-order valence-electron chi connectivity index (χ1n) is 9.24. The monoisotopic (exact) mass is 364 g/mol. The molecule has 5 heteroatoms. The second-order valence-corrected chi connectivity index (χ2v) is 7.18. The van der Waals surface area contributed by atoms with Gasteiger partial charge in [-0.1, -0.05) is 12.1 Å². The number of halogens is 1. The summed E-state index contributed by atoms with van der Waals surface area (Å²) in [5, 5.41) is 3.37. The molecule has 1 fully saturated rings. The maximum absolute atomic E-state index is 12.6. The highest BCUT2D eigenvalue weighted by molar-refractivity contribution is 5.96. The molecule has 1 aromatic carbocycles. The first kappa shape index (κ1) is 19.9. The van der Waals surface area contributed by atoms with E-state index in [1.807, 2.05) is 17.0 Å². The Morgan fingerprint density at radius 1 is 1.20 bits per heavy atom. The highest BCUT2D eigenvalue weighted by atomic mass is 35.5. The number of aryl methyl sites for hydroxylation is 1. The lowest BCUT2D eigenvalue weighted by molar-refractivity contribution is -0.129. The van der Waals surface area contributed by atoms with Gasteiger partial charge in [0.2, 0.25) is 5.91 Å². The number of rotatable bonds is 4. The number of Topliss-reactive ketones (excluding diaryl/α,β-unsaturated/α-hetero) is 1. The standard InChI is InChI=1S/C20H28N2O2.ClH/c1-15(23)22-12-2-3-17-5-6-18(13-19(17)14-22)20(24)7-4-16-8-10-21-11-9-16;/h5-6,13,16,21H,2-4,7-12,14H2,1H3;1H. The van der Waals surface area contributed by atoms with Crippen molar-refractivity contribution in [1.29, 1.82) is 0 Å². The predicted octanol–water partition coefficient (Wildman–Crippen LogP) is 3.37. The number of carbonyl (C=O) groups excluding carboxylic acids is 2. The number of nitrogens with zero attached hydrogens (tertiary/aromatic N) is 1. The van der Waals surface area contributed by atoms with Gasteiger partial charge >= 0.3 is 0 Å². The lowest BCUT2D eigenvalue weighted by Crippen LogP contribution is -2.28. The van der Waals surface area contributed by atoms with Crippen LogP contribution in [-0.2, 0) is 17.8 Å². The molecule has 0 saturated carbocycles. The van der Waals surface area contributed by atoms with E-state index in [1.54, 1.807) is 6.92 Å². The molecule has 138 valence electrons. The zero-order valence-electron chi connectivity index (χ0n) is 15.1. The van der Waals surface area contributed by atoms with Crippen LogP contribution < -0.4 is 5.32 Å². The van der Waals surface area contributed by atoms with Crippen molar-refractivity contribution in [3.8, 4) is 0 Å². The summed E-state index contributed by atoms with van der Waals surface area (Å²) in [4.78, 5) is 26.2. The summed E-state index contributed by atoms with van der Waals surface area (Å²) >= 11 is 0. The highest BCUT2D eigenvalue weighted by Gasteiger charge is 2.19. The third kappa shape index (κ3) is 5.29. The molecule has 2 heterocycles. The molecule has 0 aliphatic carbocycles. The highest BCUT2D eigenvalue weighted by Crippen LogP contribution is 2.23. The van der Waals surface area contributed by atoms with Gasteiger partial charge in [0, 0.05) is 32.0 Å². The normalized spacial score (nSPS) is 18.0. The molecule has 4 nitrogen and oxygen atoms in total. The lowest BCUT2D eigenvalue weighted by atomic mass is 9.90. The smallest absolute Gasteiger partial charge is 0.219 e. The molecule has 0 atom stereocenters. The fourth-order valence-electron chi connectivity index (χ4n) is 3.85. The van der Waals surface area contributed by atoms with E-state index in [9.17, 15) is 9.59 Å². The van der Waals surface area contributed by atoms with E-state index in [0.29, 0.717) is 18.9 Å². The number of benzene rings is 1. The molecule has 1 saturated heterocycles. The summed E-state index contributed by atoms with van der Waals surface area (Å²) in [6.45, 7) is 5.24. The van der Waals surface area contributed by atoms with E-state index in [2.05, 4.69) is 11.4 Å². The van der Waals surface area contributed by atoms with E-state index >= 15 is 0 Å². The Hall–Kier alpha value is -1.39. The second kappa shape index (κ2) is 9.35. The fourth-order valence-corrected chi connectivity index (χ4v) is 3.85. The van der Waals surface area contributed by atoms with Crippen molar-refractivity contribution < 1.29 is 9.59 Å². The first-order chi connectivity index (χ1) is 11.6. The maximum Gasteiger partial charge on any atom is 0.219 e. The number of ketones is 1. The molecule has 0 spiro atoms.